The maximum Gasteiger partial charge on any atom is 0.192 e. The van der Waals surface area contributed by atoms with E-state index in [4.69, 9.17) is 10.2 Å². The molecule has 1 aromatic carbocycles. The number of rotatable bonds is 7. The van der Waals surface area contributed by atoms with Gasteiger partial charge in [-0.05, 0) is 56.6 Å². The summed E-state index contributed by atoms with van der Waals surface area (Å²) in [5, 5.41) is 3.42. The topological polar surface area (TPSA) is 64.1 Å². The van der Waals surface area contributed by atoms with Gasteiger partial charge in [-0.2, -0.15) is 0 Å². The zero-order valence-electron chi connectivity index (χ0n) is 10.9. The average molecular weight is 247 g/mol. The molecule has 0 aliphatic carbocycles. The Bertz CT molecular complexity index is 493. The van der Waals surface area contributed by atoms with Gasteiger partial charge in [0.25, 0.3) is 0 Å². The van der Waals surface area contributed by atoms with Crippen LogP contribution in [0.25, 0.3) is 11.1 Å². The number of hydrogen-bond donors (Lipinski definition) is 2. The summed E-state index contributed by atoms with van der Waals surface area (Å²) in [7, 11) is 0. The minimum absolute atomic E-state index is 0.724. The Morgan fingerprint density at radius 2 is 2.17 bits per heavy atom. The summed E-state index contributed by atoms with van der Waals surface area (Å²) < 4.78 is 5.52. The van der Waals surface area contributed by atoms with Crippen LogP contribution in [0, 0.1) is 6.92 Å². The third kappa shape index (κ3) is 3.55. The fourth-order valence-electron chi connectivity index (χ4n) is 1.99. The van der Waals surface area contributed by atoms with E-state index in [9.17, 15) is 0 Å². The van der Waals surface area contributed by atoms with Crippen LogP contribution < -0.4 is 11.1 Å². The lowest BCUT2D eigenvalue weighted by molar-refractivity contribution is 0.560. The van der Waals surface area contributed by atoms with Crippen LogP contribution in [0.4, 0.5) is 0 Å². The van der Waals surface area contributed by atoms with Crippen molar-refractivity contribution >= 4 is 11.1 Å². The number of fused-ring (bicyclic) bond motifs is 1. The van der Waals surface area contributed by atoms with E-state index < -0.39 is 0 Å². The summed E-state index contributed by atoms with van der Waals surface area (Å²) in [5.41, 5.74) is 8.55. The van der Waals surface area contributed by atoms with Crippen LogP contribution in [0.1, 0.15) is 24.3 Å². The molecule has 0 atom stereocenters. The van der Waals surface area contributed by atoms with Gasteiger partial charge in [0.15, 0.2) is 11.5 Å². The highest BCUT2D eigenvalue weighted by molar-refractivity contribution is 5.73. The van der Waals surface area contributed by atoms with Crippen molar-refractivity contribution < 1.29 is 4.42 Å². The predicted octanol–water partition coefficient (Wildman–Crippen LogP) is 2.01. The van der Waals surface area contributed by atoms with Crippen LogP contribution in [-0.2, 0) is 6.42 Å². The van der Waals surface area contributed by atoms with Crippen LogP contribution in [0.5, 0.6) is 0 Å². The van der Waals surface area contributed by atoms with Gasteiger partial charge < -0.3 is 15.5 Å². The van der Waals surface area contributed by atoms with Gasteiger partial charge in [0.05, 0.1) is 0 Å². The fourth-order valence-corrected chi connectivity index (χ4v) is 1.99. The van der Waals surface area contributed by atoms with Crippen molar-refractivity contribution in [2.75, 3.05) is 19.6 Å². The van der Waals surface area contributed by atoms with Gasteiger partial charge in [0.1, 0.15) is 5.52 Å². The summed E-state index contributed by atoms with van der Waals surface area (Å²) >= 11 is 0. The molecule has 2 aromatic rings. The van der Waals surface area contributed by atoms with Crippen molar-refractivity contribution in [1.29, 1.82) is 0 Å². The van der Waals surface area contributed by atoms with Crippen molar-refractivity contribution in [2.24, 2.45) is 5.73 Å². The Labute approximate surface area is 108 Å². The Morgan fingerprint density at radius 1 is 1.28 bits per heavy atom. The summed E-state index contributed by atoms with van der Waals surface area (Å²) in [6.45, 7) is 4.69. The Morgan fingerprint density at radius 3 is 3.00 bits per heavy atom. The molecule has 4 heteroatoms. The van der Waals surface area contributed by atoms with E-state index in [2.05, 4.69) is 22.4 Å². The van der Waals surface area contributed by atoms with E-state index in [1.807, 2.05) is 13.0 Å². The number of aryl methyl sites for hydroxylation is 1. The standard InChI is InChI=1S/C14H21N3O/c1-11-17-13-5-4-12(10-14(13)18-11)6-9-16-8-3-2-7-15/h4-5,10,16H,2-3,6-9,15H2,1H3. The monoisotopic (exact) mass is 247 g/mol. The summed E-state index contributed by atoms with van der Waals surface area (Å²) in [4.78, 5) is 4.29. The number of aromatic nitrogens is 1. The Balaban J connectivity index is 1.80. The first-order chi connectivity index (χ1) is 8.79. The summed E-state index contributed by atoms with van der Waals surface area (Å²) in [6, 6.07) is 6.22. The van der Waals surface area contributed by atoms with Crippen LogP contribution in [-0.4, -0.2) is 24.6 Å². The number of oxazole rings is 1. The number of benzene rings is 1. The average Bonchev–Trinajstić information content (AvgIpc) is 2.73. The molecule has 0 aliphatic rings. The second kappa shape index (κ2) is 6.52. The van der Waals surface area contributed by atoms with E-state index >= 15 is 0 Å². The normalized spacial score (nSPS) is 11.2. The lowest BCUT2D eigenvalue weighted by atomic mass is 10.1. The number of hydrogen-bond acceptors (Lipinski definition) is 4. The van der Waals surface area contributed by atoms with E-state index in [1.54, 1.807) is 0 Å². The Hall–Kier alpha value is -1.39. The third-order valence-electron chi connectivity index (χ3n) is 2.96. The molecule has 0 saturated heterocycles. The zero-order chi connectivity index (χ0) is 12.8. The molecule has 0 amide bonds. The van der Waals surface area contributed by atoms with Crippen molar-refractivity contribution in [2.45, 2.75) is 26.2 Å². The van der Waals surface area contributed by atoms with Gasteiger partial charge in [-0.3, -0.25) is 0 Å². The third-order valence-corrected chi connectivity index (χ3v) is 2.96. The summed E-state index contributed by atoms with van der Waals surface area (Å²) in [6.07, 6.45) is 3.26. The van der Waals surface area contributed by atoms with Gasteiger partial charge >= 0.3 is 0 Å². The van der Waals surface area contributed by atoms with Gasteiger partial charge in [-0.15, -0.1) is 0 Å². The van der Waals surface area contributed by atoms with Gasteiger partial charge in [-0.25, -0.2) is 4.98 Å². The lowest BCUT2D eigenvalue weighted by Gasteiger charge is -2.04. The summed E-state index contributed by atoms with van der Waals surface area (Å²) in [5.74, 6) is 0.724. The van der Waals surface area contributed by atoms with E-state index in [-0.39, 0.29) is 0 Å². The molecule has 0 fully saturated rings. The molecule has 98 valence electrons. The molecule has 2 rings (SSSR count). The van der Waals surface area contributed by atoms with Crippen LogP contribution in [0.3, 0.4) is 0 Å². The molecule has 18 heavy (non-hydrogen) atoms. The number of nitrogens with two attached hydrogens (primary N) is 1. The highest BCUT2D eigenvalue weighted by Crippen LogP contribution is 2.16. The zero-order valence-corrected chi connectivity index (χ0v) is 10.9. The molecule has 0 radical (unpaired) electrons. The maximum atomic E-state index is 5.52. The smallest absolute Gasteiger partial charge is 0.192 e. The first kappa shape index (κ1) is 13.1. The number of unbranched alkanes of at least 4 members (excludes halogenated alkanes) is 1. The van der Waals surface area contributed by atoms with Gasteiger partial charge in [-0.1, -0.05) is 6.07 Å². The Kier molecular flexibility index (Phi) is 4.73. The molecule has 0 saturated carbocycles. The van der Waals surface area contributed by atoms with Crippen molar-refractivity contribution in [3.8, 4) is 0 Å². The first-order valence-corrected chi connectivity index (χ1v) is 6.56. The fraction of sp³-hybridized carbons (Fsp3) is 0.500. The van der Waals surface area contributed by atoms with Gasteiger partial charge in [0.2, 0.25) is 0 Å². The molecule has 0 spiro atoms. The first-order valence-electron chi connectivity index (χ1n) is 6.56. The van der Waals surface area contributed by atoms with Crippen LogP contribution >= 0.6 is 0 Å². The quantitative estimate of drug-likeness (QED) is 0.735. The molecule has 1 aromatic heterocycles. The predicted molar refractivity (Wildman–Crippen MR) is 73.6 cm³/mol. The van der Waals surface area contributed by atoms with Crippen LogP contribution in [0.15, 0.2) is 22.6 Å². The highest BCUT2D eigenvalue weighted by atomic mass is 16.3. The maximum absolute atomic E-state index is 5.52. The van der Waals surface area contributed by atoms with Gasteiger partial charge in [0, 0.05) is 6.92 Å². The van der Waals surface area contributed by atoms with E-state index in [0.29, 0.717) is 0 Å². The molecular formula is C14H21N3O. The molecule has 0 unspecified atom stereocenters. The molecular weight excluding hydrogens is 226 g/mol. The largest absolute Gasteiger partial charge is 0.441 e. The van der Waals surface area contributed by atoms with E-state index in [0.717, 1.165) is 55.9 Å². The van der Waals surface area contributed by atoms with E-state index in [1.165, 1.54) is 5.56 Å². The molecule has 0 aliphatic heterocycles. The van der Waals surface area contributed by atoms with Crippen molar-refractivity contribution in [1.82, 2.24) is 10.3 Å². The minimum Gasteiger partial charge on any atom is -0.441 e. The van der Waals surface area contributed by atoms with Crippen molar-refractivity contribution in [3.63, 3.8) is 0 Å². The molecule has 0 bridgehead atoms. The van der Waals surface area contributed by atoms with Crippen LogP contribution in [0.2, 0.25) is 0 Å². The minimum atomic E-state index is 0.724. The SMILES string of the molecule is Cc1nc2ccc(CCNCCCCN)cc2o1. The number of nitrogens with zero attached hydrogens (tertiary/aromatic N) is 1. The second-order valence-electron chi connectivity index (χ2n) is 4.53. The molecule has 3 N–H and O–H groups in total. The molecule has 4 nitrogen and oxygen atoms in total. The highest BCUT2D eigenvalue weighted by Gasteiger charge is 2.02. The van der Waals surface area contributed by atoms with Crippen molar-refractivity contribution in [3.05, 3.63) is 29.7 Å². The second-order valence-corrected chi connectivity index (χ2v) is 4.53. The molecule has 1 heterocycles. The lowest BCUT2D eigenvalue weighted by Crippen LogP contribution is -2.19. The number of nitrogens with one attached hydrogen (secondary N) is 1.